The molecule has 6 heteroatoms. The lowest BCUT2D eigenvalue weighted by molar-refractivity contribution is -0.114. The molecule has 110 valence electrons. The van der Waals surface area contributed by atoms with Gasteiger partial charge in [-0.3, -0.25) is 4.79 Å². The minimum Gasteiger partial charge on any atom is -0.508 e. The van der Waals surface area contributed by atoms with Crippen LogP contribution in [-0.2, 0) is 4.79 Å². The highest BCUT2D eigenvalue weighted by molar-refractivity contribution is 5.95. The Hall–Kier alpha value is -3.15. The van der Waals surface area contributed by atoms with E-state index in [4.69, 9.17) is 0 Å². The number of hydrogen-bond acceptors (Lipinski definition) is 5. The van der Waals surface area contributed by atoms with Crippen molar-refractivity contribution in [2.75, 3.05) is 17.2 Å². The summed E-state index contributed by atoms with van der Waals surface area (Å²) in [4.78, 5) is 20.3. The molecular formula is C16H14N4O2. The van der Waals surface area contributed by atoms with Crippen molar-refractivity contribution in [2.45, 2.75) is 0 Å². The van der Waals surface area contributed by atoms with Gasteiger partial charge in [-0.1, -0.05) is 12.1 Å². The van der Waals surface area contributed by atoms with E-state index in [2.05, 4.69) is 20.6 Å². The molecule has 2 aromatic carbocycles. The maximum absolute atomic E-state index is 11.9. The smallest absolute Gasteiger partial charge is 0.243 e. The molecule has 3 rings (SSSR count). The van der Waals surface area contributed by atoms with Crippen LogP contribution < -0.4 is 10.6 Å². The van der Waals surface area contributed by atoms with Gasteiger partial charge < -0.3 is 15.7 Å². The number of benzene rings is 2. The zero-order chi connectivity index (χ0) is 15.4. The first-order valence-electron chi connectivity index (χ1n) is 6.75. The predicted molar refractivity (Wildman–Crippen MR) is 84.8 cm³/mol. The van der Waals surface area contributed by atoms with Gasteiger partial charge in [-0.2, -0.15) is 0 Å². The molecule has 22 heavy (non-hydrogen) atoms. The van der Waals surface area contributed by atoms with Crippen molar-refractivity contribution in [2.24, 2.45) is 0 Å². The standard InChI is InChI=1S/C16H14N4O2/c21-12-7-5-11(6-8-12)20-15(22)9-17-16-13-3-1-2-4-14(13)18-10-19-16/h1-8,10,21H,9H2,(H,20,22)(H,17,18,19). The summed E-state index contributed by atoms with van der Waals surface area (Å²) < 4.78 is 0. The van der Waals surface area contributed by atoms with E-state index in [-0.39, 0.29) is 18.2 Å². The number of carbonyl (C=O) groups is 1. The van der Waals surface area contributed by atoms with Crippen molar-refractivity contribution in [3.63, 3.8) is 0 Å². The number of aromatic nitrogens is 2. The first kappa shape index (κ1) is 13.8. The van der Waals surface area contributed by atoms with Crippen LogP contribution >= 0.6 is 0 Å². The Morgan fingerprint density at radius 2 is 1.82 bits per heavy atom. The second-order valence-electron chi connectivity index (χ2n) is 4.69. The molecule has 0 aliphatic rings. The Balaban J connectivity index is 1.66. The van der Waals surface area contributed by atoms with Crippen molar-refractivity contribution < 1.29 is 9.90 Å². The monoisotopic (exact) mass is 294 g/mol. The van der Waals surface area contributed by atoms with E-state index >= 15 is 0 Å². The number of hydrogen-bond donors (Lipinski definition) is 3. The average molecular weight is 294 g/mol. The number of amides is 1. The van der Waals surface area contributed by atoms with Crippen molar-refractivity contribution in [1.29, 1.82) is 0 Å². The number of nitrogens with zero attached hydrogens (tertiary/aromatic N) is 2. The molecule has 0 aliphatic heterocycles. The lowest BCUT2D eigenvalue weighted by Gasteiger charge is -2.09. The van der Waals surface area contributed by atoms with Gasteiger partial charge in [0, 0.05) is 11.1 Å². The molecule has 3 aromatic rings. The van der Waals surface area contributed by atoms with Gasteiger partial charge in [-0.15, -0.1) is 0 Å². The third-order valence-electron chi connectivity index (χ3n) is 3.11. The van der Waals surface area contributed by atoms with Gasteiger partial charge in [0.15, 0.2) is 0 Å². The average Bonchev–Trinajstić information content (AvgIpc) is 2.55. The van der Waals surface area contributed by atoms with Crippen molar-refractivity contribution in [3.8, 4) is 5.75 Å². The van der Waals surface area contributed by atoms with E-state index in [0.29, 0.717) is 11.5 Å². The molecule has 0 saturated heterocycles. The molecule has 0 fully saturated rings. The molecule has 1 aromatic heterocycles. The molecule has 6 nitrogen and oxygen atoms in total. The number of fused-ring (bicyclic) bond motifs is 1. The summed E-state index contributed by atoms with van der Waals surface area (Å²) in [6, 6.07) is 13.9. The molecule has 0 spiro atoms. The van der Waals surface area contributed by atoms with Gasteiger partial charge in [0.1, 0.15) is 17.9 Å². The summed E-state index contributed by atoms with van der Waals surface area (Å²) >= 11 is 0. The quantitative estimate of drug-likeness (QED) is 0.643. The third-order valence-corrected chi connectivity index (χ3v) is 3.11. The summed E-state index contributed by atoms with van der Waals surface area (Å²) in [5.74, 6) is 0.573. The van der Waals surface area contributed by atoms with Crippen LogP contribution in [0, 0.1) is 0 Å². The van der Waals surface area contributed by atoms with Crippen LogP contribution in [0.2, 0.25) is 0 Å². The Morgan fingerprint density at radius 3 is 2.64 bits per heavy atom. The number of para-hydroxylation sites is 1. The highest BCUT2D eigenvalue weighted by atomic mass is 16.3. The lowest BCUT2D eigenvalue weighted by Crippen LogP contribution is -2.22. The van der Waals surface area contributed by atoms with Gasteiger partial charge in [0.05, 0.1) is 12.1 Å². The lowest BCUT2D eigenvalue weighted by atomic mass is 10.2. The zero-order valence-corrected chi connectivity index (χ0v) is 11.7. The first-order chi connectivity index (χ1) is 10.7. The molecule has 0 saturated carbocycles. The molecule has 3 N–H and O–H groups in total. The van der Waals surface area contributed by atoms with Crippen LogP contribution in [0.3, 0.4) is 0 Å². The van der Waals surface area contributed by atoms with Crippen LogP contribution in [-0.4, -0.2) is 27.5 Å². The number of nitrogens with one attached hydrogen (secondary N) is 2. The number of phenols is 1. The Labute approximate surface area is 126 Å². The number of carbonyl (C=O) groups excluding carboxylic acids is 1. The molecule has 1 heterocycles. The Morgan fingerprint density at radius 1 is 1.05 bits per heavy atom. The van der Waals surface area contributed by atoms with Crippen molar-refractivity contribution in [1.82, 2.24) is 9.97 Å². The summed E-state index contributed by atoms with van der Waals surface area (Å²) in [6.07, 6.45) is 1.46. The zero-order valence-electron chi connectivity index (χ0n) is 11.7. The molecule has 0 bridgehead atoms. The maximum Gasteiger partial charge on any atom is 0.243 e. The second-order valence-corrected chi connectivity index (χ2v) is 4.69. The number of anilines is 2. The SMILES string of the molecule is O=C(CNc1ncnc2ccccc12)Nc1ccc(O)cc1. The van der Waals surface area contributed by atoms with E-state index in [1.54, 1.807) is 12.1 Å². The first-order valence-corrected chi connectivity index (χ1v) is 6.75. The predicted octanol–water partition coefficient (Wildman–Crippen LogP) is 2.39. The van der Waals surface area contributed by atoms with E-state index in [9.17, 15) is 9.90 Å². The van der Waals surface area contributed by atoms with Crippen LogP contribution in [0.25, 0.3) is 10.9 Å². The minimum atomic E-state index is -0.201. The molecule has 0 aliphatic carbocycles. The van der Waals surface area contributed by atoms with Gasteiger partial charge in [-0.25, -0.2) is 9.97 Å². The van der Waals surface area contributed by atoms with Crippen LogP contribution in [0.4, 0.5) is 11.5 Å². The van der Waals surface area contributed by atoms with Crippen LogP contribution in [0.1, 0.15) is 0 Å². The fourth-order valence-electron chi connectivity index (χ4n) is 2.06. The molecule has 0 radical (unpaired) electrons. The van der Waals surface area contributed by atoms with E-state index in [1.807, 2.05) is 24.3 Å². The molecule has 1 amide bonds. The second kappa shape index (κ2) is 6.09. The largest absolute Gasteiger partial charge is 0.508 e. The molecule has 0 atom stereocenters. The summed E-state index contributed by atoms with van der Waals surface area (Å²) in [7, 11) is 0. The number of rotatable bonds is 4. The van der Waals surface area contributed by atoms with Crippen LogP contribution in [0.15, 0.2) is 54.9 Å². The summed E-state index contributed by atoms with van der Waals surface area (Å²) in [5, 5.41) is 15.8. The molecule has 0 unspecified atom stereocenters. The maximum atomic E-state index is 11.9. The number of aromatic hydroxyl groups is 1. The topological polar surface area (TPSA) is 87.1 Å². The van der Waals surface area contributed by atoms with Crippen molar-refractivity contribution in [3.05, 3.63) is 54.9 Å². The van der Waals surface area contributed by atoms with Gasteiger partial charge >= 0.3 is 0 Å². The van der Waals surface area contributed by atoms with Crippen molar-refractivity contribution >= 4 is 28.3 Å². The normalized spacial score (nSPS) is 10.4. The van der Waals surface area contributed by atoms with E-state index in [0.717, 1.165) is 10.9 Å². The van der Waals surface area contributed by atoms with Gasteiger partial charge in [0.25, 0.3) is 0 Å². The summed E-state index contributed by atoms with van der Waals surface area (Å²) in [6.45, 7) is 0.0852. The van der Waals surface area contributed by atoms with Crippen LogP contribution in [0.5, 0.6) is 5.75 Å². The third kappa shape index (κ3) is 3.12. The van der Waals surface area contributed by atoms with Gasteiger partial charge in [0.2, 0.25) is 5.91 Å². The fourth-order valence-corrected chi connectivity index (χ4v) is 2.06. The highest BCUT2D eigenvalue weighted by Gasteiger charge is 2.06. The summed E-state index contributed by atoms with van der Waals surface area (Å²) in [5.41, 5.74) is 1.44. The minimum absolute atomic E-state index is 0.0852. The highest BCUT2D eigenvalue weighted by Crippen LogP contribution is 2.18. The molecular weight excluding hydrogens is 280 g/mol. The fraction of sp³-hybridized carbons (Fsp3) is 0.0625. The van der Waals surface area contributed by atoms with E-state index in [1.165, 1.54) is 18.5 Å². The number of phenolic OH excluding ortho intramolecular Hbond substituents is 1. The van der Waals surface area contributed by atoms with E-state index < -0.39 is 0 Å². The Kier molecular flexibility index (Phi) is 3.82. The Bertz CT molecular complexity index is 797. The van der Waals surface area contributed by atoms with Gasteiger partial charge in [-0.05, 0) is 36.4 Å².